The van der Waals surface area contributed by atoms with Crippen LogP contribution in [0, 0.1) is 5.92 Å². The first-order valence-electron chi connectivity index (χ1n) is 3.36. The Hall–Kier alpha value is -0.900. The summed E-state index contributed by atoms with van der Waals surface area (Å²) in [5, 5.41) is 1.93. The van der Waals surface area contributed by atoms with Crippen LogP contribution in [0.4, 0.5) is 0 Å². The molecule has 0 spiro atoms. The van der Waals surface area contributed by atoms with E-state index in [1.165, 1.54) is 11.3 Å². The Balaban J connectivity index is 2.50. The monoisotopic (exact) mass is 170 g/mol. The fourth-order valence-electron chi connectivity index (χ4n) is 0.753. The molecule has 0 bridgehead atoms. The Morgan fingerprint density at radius 3 is 3.09 bits per heavy atom. The van der Waals surface area contributed by atoms with Crippen molar-refractivity contribution in [1.29, 1.82) is 0 Å². The van der Waals surface area contributed by atoms with E-state index in [9.17, 15) is 4.79 Å². The molecular weight excluding hydrogens is 160 g/mol. The van der Waals surface area contributed by atoms with E-state index < -0.39 is 0 Å². The Labute approximate surface area is 69.3 Å². The van der Waals surface area contributed by atoms with Gasteiger partial charge in [-0.3, -0.25) is 4.79 Å². The van der Waals surface area contributed by atoms with Gasteiger partial charge in [-0.05, 0) is 0 Å². The molecule has 1 rings (SSSR count). The van der Waals surface area contributed by atoms with E-state index in [4.69, 9.17) is 5.73 Å². The highest BCUT2D eigenvalue weighted by molar-refractivity contribution is 7.07. The highest BCUT2D eigenvalue weighted by Gasteiger charge is 2.09. The first-order chi connectivity index (χ1) is 5.20. The van der Waals surface area contributed by atoms with Gasteiger partial charge in [0.05, 0.1) is 11.2 Å². The standard InChI is InChI=1S/C7H10N2OS/c1-5(7(8)10)2-6-3-11-4-9-6/h3-5H,2H2,1H3,(H2,8,10). The van der Waals surface area contributed by atoms with Crippen molar-refractivity contribution in [3.63, 3.8) is 0 Å². The second kappa shape index (κ2) is 3.48. The molecular formula is C7H10N2OS. The molecule has 11 heavy (non-hydrogen) atoms. The summed E-state index contributed by atoms with van der Waals surface area (Å²) in [6.07, 6.45) is 0.652. The molecule has 2 N–H and O–H groups in total. The first kappa shape index (κ1) is 8.20. The van der Waals surface area contributed by atoms with E-state index in [-0.39, 0.29) is 11.8 Å². The van der Waals surface area contributed by atoms with Crippen molar-refractivity contribution < 1.29 is 4.79 Å². The van der Waals surface area contributed by atoms with Gasteiger partial charge >= 0.3 is 0 Å². The lowest BCUT2D eigenvalue weighted by Crippen LogP contribution is -2.22. The molecule has 0 saturated heterocycles. The van der Waals surface area contributed by atoms with Crippen LogP contribution in [0.5, 0.6) is 0 Å². The largest absolute Gasteiger partial charge is 0.369 e. The van der Waals surface area contributed by atoms with Crippen LogP contribution in [0.3, 0.4) is 0 Å². The van der Waals surface area contributed by atoms with Crippen molar-refractivity contribution in [2.24, 2.45) is 11.7 Å². The maximum absolute atomic E-state index is 10.6. The third-order valence-electron chi connectivity index (χ3n) is 1.48. The van der Waals surface area contributed by atoms with Crippen molar-refractivity contribution in [1.82, 2.24) is 4.98 Å². The SMILES string of the molecule is CC(Cc1cscn1)C(N)=O. The summed E-state index contributed by atoms with van der Waals surface area (Å²) in [4.78, 5) is 14.7. The van der Waals surface area contributed by atoms with Crippen LogP contribution in [0.15, 0.2) is 10.9 Å². The molecule has 60 valence electrons. The van der Waals surface area contributed by atoms with E-state index in [1.807, 2.05) is 12.3 Å². The van der Waals surface area contributed by atoms with E-state index in [0.29, 0.717) is 6.42 Å². The van der Waals surface area contributed by atoms with Gasteiger partial charge < -0.3 is 5.73 Å². The lowest BCUT2D eigenvalue weighted by atomic mass is 10.1. The maximum Gasteiger partial charge on any atom is 0.220 e. The summed E-state index contributed by atoms with van der Waals surface area (Å²) < 4.78 is 0. The number of amides is 1. The summed E-state index contributed by atoms with van der Waals surface area (Å²) in [7, 11) is 0. The van der Waals surface area contributed by atoms with Gasteiger partial charge in [-0.1, -0.05) is 6.92 Å². The third kappa shape index (κ3) is 2.31. The van der Waals surface area contributed by atoms with Gasteiger partial charge in [-0.15, -0.1) is 11.3 Å². The molecule has 0 saturated carbocycles. The number of carbonyl (C=O) groups excluding carboxylic acids is 1. The minimum atomic E-state index is -0.266. The highest BCUT2D eigenvalue weighted by Crippen LogP contribution is 2.07. The van der Waals surface area contributed by atoms with E-state index >= 15 is 0 Å². The van der Waals surface area contributed by atoms with Crippen molar-refractivity contribution in [3.05, 3.63) is 16.6 Å². The van der Waals surface area contributed by atoms with Gasteiger partial charge in [-0.25, -0.2) is 4.98 Å². The lowest BCUT2D eigenvalue weighted by Gasteiger charge is -2.02. The Morgan fingerprint density at radius 2 is 2.64 bits per heavy atom. The fourth-order valence-corrected chi connectivity index (χ4v) is 1.32. The number of primary amides is 1. The van der Waals surface area contributed by atoms with Crippen LogP contribution in [-0.2, 0) is 11.2 Å². The van der Waals surface area contributed by atoms with Gasteiger partial charge in [0.1, 0.15) is 0 Å². The maximum atomic E-state index is 10.6. The molecule has 1 atom stereocenters. The second-order valence-corrected chi connectivity index (χ2v) is 3.21. The Morgan fingerprint density at radius 1 is 1.91 bits per heavy atom. The van der Waals surface area contributed by atoms with E-state index in [2.05, 4.69) is 4.98 Å². The minimum absolute atomic E-state index is 0.114. The highest BCUT2D eigenvalue weighted by atomic mass is 32.1. The topological polar surface area (TPSA) is 56.0 Å². The summed E-state index contributed by atoms with van der Waals surface area (Å²) in [6.45, 7) is 1.81. The molecule has 0 aromatic carbocycles. The van der Waals surface area contributed by atoms with Gasteiger partial charge in [0.15, 0.2) is 0 Å². The van der Waals surface area contributed by atoms with Gasteiger partial charge in [0.25, 0.3) is 0 Å². The quantitative estimate of drug-likeness (QED) is 0.729. The number of aromatic nitrogens is 1. The predicted molar refractivity (Wildman–Crippen MR) is 44.2 cm³/mol. The molecule has 4 heteroatoms. The average molecular weight is 170 g/mol. The molecule has 0 aliphatic heterocycles. The van der Waals surface area contributed by atoms with Crippen molar-refractivity contribution in [2.45, 2.75) is 13.3 Å². The number of carbonyl (C=O) groups is 1. The van der Waals surface area contributed by atoms with Crippen LogP contribution in [0.25, 0.3) is 0 Å². The number of hydrogen-bond acceptors (Lipinski definition) is 3. The zero-order valence-electron chi connectivity index (χ0n) is 6.28. The number of hydrogen-bond donors (Lipinski definition) is 1. The van der Waals surface area contributed by atoms with Gasteiger partial charge in [0, 0.05) is 17.7 Å². The van der Waals surface area contributed by atoms with Crippen molar-refractivity contribution in [2.75, 3.05) is 0 Å². The summed E-state index contributed by atoms with van der Waals surface area (Å²) >= 11 is 1.53. The minimum Gasteiger partial charge on any atom is -0.369 e. The molecule has 1 heterocycles. The molecule has 0 radical (unpaired) electrons. The Kier molecular flexibility index (Phi) is 2.59. The first-order valence-corrected chi connectivity index (χ1v) is 4.31. The number of thiazole rings is 1. The molecule has 1 amide bonds. The van der Waals surface area contributed by atoms with Crippen LogP contribution >= 0.6 is 11.3 Å². The van der Waals surface area contributed by atoms with Gasteiger partial charge in [-0.2, -0.15) is 0 Å². The molecule has 1 aromatic rings. The van der Waals surface area contributed by atoms with Gasteiger partial charge in [0.2, 0.25) is 5.91 Å². The second-order valence-electron chi connectivity index (χ2n) is 2.49. The molecule has 0 aliphatic carbocycles. The number of nitrogens with zero attached hydrogens (tertiary/aromatic N) is 1. The molecule has 0 fully saturated rings. The molecule has 1 unspecified atom stereocenters. The fraction of sp³-hybridized carbons (Fsp3) is 0.429. The normalized spacial score (nSPS) is 12.8. The van der Waals surface area contributed by atoms with Crippen LogP contribution in [-0.4, -0.2) is 10.9 Å². The molecule has 0 aliphatic rings. The van der Waals surface area contributed by atoms with Crippen LogP contribution in [0.1, 0.15) is 12.6 Å². The van der Waals surface area contributed by atoms with Crippen LogP contribution < -0.4 is 5.73 Å². The zero-order valence-corrected chi connectivity index (χ0v) is 7.10. The Bertz CT molecular complexity index is 233. The summed E-state index contributed by atoms with van der Waals surface area (Å²) in [5.74, 6) is -0.380. The molecule has 3 nitrogen and oxygen atoms in total. The van der Waals surface area contributed by atoms with Crippen molar-refractivity contribution >= 4 is 17.2 Å². The van der Waals surface area contributed by atoms with E-state index in [1.54, 1.807) is 5.51 Å². The zero-order chi connectivity index (χ0) is 8.27. The number of nitrogens with two attached hydrogens (primary N) is 1. The van der Waals surface area contributed by atoms with Crippen molar-refractivity contribution in [3.8, 4) is 0 Å². The summed E-state index contributed by atoms with van der Waals surface area (Å²) in [5.41, 5.74) is 7.79. The third-order valence-corrected chi connectivity index (χ3v) is 2.12. The van der Waals surface area contributed by atoms with Crippen LogP contribution in [0.2, 0.25) is 0 Å². The average Bonchev–Trinajstić information content (AvgIpc) is 2.39. The van der Waals surface area contributed by atoms with E-state index in [0.717, 1.165) is 5.69 Å². The number of rotatable bonds is 3. The predicted octanol–water partition coefficient (Wildman–Crippen LogP) is 0.807. The summed E-state index contributed by atoms with van der Waals surface area (Å²) in [6, 6.07) is 0. The smallest absolute Gasteiger partial charge is 0.220 e. The lowest BCUT2D eigenvalue weighted by molar-refractivity contribution is -0.121. The molecule has 1 aromatic heterocycles.